The average Bonchev–Trinajstić information content (AvgIpc) is 2.27. The van der Waals surface area contributed by atoms with E-state index in [2.05, 4.69) is 11.6 Å². The number of ether oxygens (including phenoxy) is 1. The number of carbonyl (C=O) groups excluding carboxylic acids is 1. The summed E-state index contributed by atoms with van der Waals surface area (Å²) in [6, 6.07) is -0.427. The Bertz CT molecular complexity index is 215. The van der Waals surface area contributed by atoms with Crippen LogP contribution in [0.2, 0.25) is 0 Å². The van der Waals surface area contributed by atoms with E-state index < -0.39 is 6.04 Å². The largest absolute Gasteiger partial charge is 0.381 e. The Morgan fingerprint density at radius 1 is 1.60 bits per heavy atom. The number of amides is 1. The topological polar surface area (TPSA) is 64.4 Å². The minimum absolute atomic E-state index is 0.0742. The molecule has 0 aromatic rings. The van der Waals surface area contributed by atoms with Crippen molar-refractivity contribution in [2.45, 2.75) is 30.6 Å². The normalized spacial score (nSPS) is 22.1. The fraction of sp³-hybridized carbons (Fsp3) is 0.900. The first-order valence-corrected chi connectivity index (χ1v) is 6.48. The molecular weight excluding hydrogens is 212 g/mol. The van der Waals surface area contributed by atoms with Crippen molar-refractivity contribution in [2.24, 2.45) is 5.73 Å². The van der Waals surface area contributed by atoms with Crippen molar-refractivity contribution in [1.29, 1.82) is 0 Å². The second kappa shape index (κ2) is 5.72. The third-order valence-electron chi connectivity index (χ3n) is 2.84. The summed E-state index contributed by atoms with van der Waals surface area (Å²) in [4.78, 5) is 11.4. The molecule has 1 fully saturated rings. The molecular formula is C10H20N2O2S. The molecule has 0 aromatic heterocycles. The molecule has 0 saturated carbocycles. The maximum atomic E-state index is 11.4. The van der Waals surface area contributed by atoms with E-state index in [9.17, 15) is 4.79 Å². The molecule has 1 atom stereocenters. The fourth-order valence-electron chi connectivity index (χ4n) is 1.61. The van der Waals surface area contributed by atoms with Crippen LogP contribution in [0.3, 0.4) is 0 Å². The molecule has 1 unspecified atom stereocenters. The van der Waals surface area contributed by atoms with Gasteiger partial charge in [-0.15, -0.1) is 0 Å². The molecule has 0 aromatic carbocycles. The van der Waals surface area contributed by atoms with Crippen LogP contribution >= 0.6 is 11.8 Å². The van der Waals surface area contributed by atoms with Gasteiger partial charge in [0, 0.05) is 24.5 Å². The van der Waals surface area contributed by atoms with Gasteiger partial charge in [-0.25, -0.2) is 0 Å². The van der Waals surface area contributed by atoms with Gasteiger partial charge in [0.2, 0.25) is 5.91 Å². The summed E-state index contributed by atoms with van der Waals surface area (Å²) >= 11 is 1.81. The zero-order valence-corrected chi connectivity index (χ0v) is 10.2. The van der Waals surface area contributed by atoms with Crippen LogP contribution < -0.4 is 11.1 Å². The molecule has 0 spiro atoms. The molecule has 1 aliphatic heterocycles. The predicted molar refractivity (Wildman–Crippen MR) is 63.0 cm³/mol. The van der Waals surface area contributed by atoms with Gasteiger partial charge in [-0.3, -0.25) is 4.79 Å². The summed E-state index contributed by atoms with van der Waals surface area (Å²) in [5.41, 5.74) is 5.49. The summed E-state index contributed by atoms with van der Waals surface area (Å²) in [6.07, 6.45) is 4.07. The number of nitrogens with two attached hydrogens (primary N) is 1. The van der Waals surface area contributed by atoms with Crippen molar-refractivity contribution in [3.8, 4) is 0 Å². The molecule has 1 heterocycles. The van der Waals surface area contributed by atoms with Gasteiger partial charge < -0.3 is 15.8 Å². The average molecular weight is 232 g/mol. The number of hydrogen-bond donors (Lipinski definition) is 2. The molecule has 4 nitrogen and oxygen atoms in total. The van der Waals surface area contributed by atoms with E-state index in [1.54, 1.807) is 6.92 Å². The van der Waals surface area contributed by atoms with Gasteiger partial charge in [0.05, 0.1) is 6.04 Å². The van der Waals surface area contributed by atoms with Crippen molar-refractivity contribution < 1.29 is 9.53 Å². The molecule has 0 radical (unpaired) electrons. The van der Waals surface area contributed by atoms with E-state index in [1.807, 2.05) is 11.8 Å². The highest BCUT2D eigenvalue weighted by Gasteiger charge is 2.32. The minimum Gasteiger partial charge on any atom is -0.381 e. The Balaban J connectivity index is 2.42. The number of nitrogens with one attached hydrogen (secondary N) is 1. The summed E-state index contributed by atoms with van der Waals surface area (Å²) in [5.74, 6) is -0.0742. The lowest BCUT2D eigenvalue weighted by Gasteiger charge is -2.35. The Morgan fingerprint density at radius 2 is 2.20 bits per heavy atom. The summed E-state index contributed by atoms with van der Waals surface area (Å²) in [5, 5.41) is 2.90. The second-order valence-electron chi connectivity index (χ2n) is 4.01. The number of rotatable bonds is 4. The van der Waals surface area contributed by atoms with E-state index in [0.29, 0.717) is 6.54 Å². The van der Waals surface area contributed by atoms with Gasteiger partial charge in [-0.05, 0) is 26.0 Å². The Kier molecular flexibility index (Phi) is 4.89. The van der Waals surface area contributed by atoms with Gasteiger partial charge in [-0.2, -0.15) is 11.8 Å². The zero-order valence-electron chi connectivity index (χ0n) is 9.41. The maximum Gasteiger partial charge on any atom is 0.236 e. The third kappa shape index (κ3) is 3.66. The van der Waals surface area contributed by atoms with E-state index in [-0.39, 0.29) is 10.7 Å². The van der Waals surface area contributed by atoms with Crippen LogP contribution in [0, 0.1) is 0 Å². The van der Waals surface area contributed by atoms with Crippen molar-refractivity contribution in [3.63, 3.8) is 0 Å². The summed E-state index contributed by atoms with van der Waals surface area (Å²) in [6.45, 7) is 3.97. The van der Waals surface area contributed by atoms with Gasteiger partial charge in [0.15, 0.2) is 0 Å². The zero-order chi connectivity index (χ0) is 11.3. The quantitative estimate of drug-likeness (QED) is 0.734. The molecule has 1 saturated heterocycles. The summed E-state index contributed by atoms with van der Waals surface area (Å²) < 4.78 is 5.47. The minimum atomic E-state index is -0.427. The van der Waals surface area contributed by atoms with Gasteiger partial charge >= 0.3 is 0 Å². The molecule has 0 aliphatic carbocycles. The lowest BCUT2D eigenvalue weighted by Crippen LogP contribution is -2.48. The second-order valence-corrected chi connectivity index (χ2v) is 5.28. The van der Waals surface area contributed by atoms with Crippen LogP contribution in [-0.2, 0) is 9.53 Å². The molecule has 15 heavy (non-hydrogen) atoms. The number of carbonyl (C=O) groups is 1. The Morgan fingerprint density at radius 3 is 2.67 bits per heavy atom. The van der Waals surface area contributed by atoms with Crippen molar-refractivity contribution >= 4 is 17.7 Å². The van der Waals surface area contributed by atoms with Gasteiger partial charge in [0.25, 0.3) is 0 Å². The molecule has 1 aliphatic rings. The SMILES string of the molecule is CSC1(CNC(=O)C(C)N)CCOCC1. The van der Waals surface area contributed by atoms with E-state index in [4.69, 9.17) is 10.5 Å². The van der Waals surface area contributed by atoms with E-state index in [1.165, 1.54) is 0 Å². The fourth-order valence-corrected chi connectivity index (χ4v) is 2.40. The lowest BCUT2D eigenvalue weighted by molar-refractivity contribution is -0.122. The van der Waals surface area contributed by atoms with E-state index in [0.717, 1.165) is 26.1 Å². The highest BCUT2D eigenvalue weighted by Crippen LogP contribution is 2.32. The molecule has 88 valence electrons. The monoisotopic (exact) mass is 232 g/mol. The van der Waals surface area contributed by atoms with Crippen LogP contribution in [-0.4, -0.2) is 42.7 Å². The third-order valence-corrected chi connectivity index (χ3v) is 4.25. The lowest BCUT2D eigenvalue weighted by atomic mass is 9.99. The standard InChI is InChI=1S/C10H20N2O2S/c1-8(11)9(13)12-7-10(15-2)3-5-14-6-4-10/h8H,3-7,11H2,1-2H3,(H,12,13). The first-order valence-electron chi connectivity index (χ1n) is 5.26. The highest BCUT2D eigenvalue weighted by atomic mass is 32.2. The molecule has 1 amide bonds. The van der Waals surface area contributed by atoms with Crippen LogP contribution in [0.15, 0.2) is 0 Å². The first-order chi connectivity index (χ1) is 7.09. The Hall–Kier alpha value is -0.260. The molecule has 0 bridgehead atoms. The van der Waals surface area contributed by atoms with Crippen molar-refractivity contribution in [3.05, 3.63) is 0 Å². The summed E-state index contributed by atoms with van der Waals surface area (Å²) in [7, 11) is 0. The van der Waals surface area contributed by atoms with Crippen LogP contribution in [0.5, 0.6) is 0 Å². The Labute approximate surface area is 95.3 Å². The van der Waals surface area contributed by atoms with Crippen molar-refractivity contribution in [1.82, 2.24) is 5.32 Å². The first kappa shape index (κ1) is 12.8. The molecule has 3 N–H and O–H groups in total. The van der Waals surface area contributed by atoms with Crippen LogP contribution in [0.25, 0.3) is 0 Å². The number of hydrogen-bond acceptors (Lipinski definition) is 4. The molecule has 1 rings (SSSR count). The number of thioether (sulfide) groups is 1. The van der Waals surface area contributed by atoms with Crippen LogP contribution in [0.1, 0.15) is 19.8 Å². The van der Waals surface area contributed by atoms with E-state index >= 15 is 0 Å². The predicted octanol–water partition coefficient (Wildman–Crippen LogP) is 0.362. The van der Waals surface area contributed by atoms with Crippen LogP contribution in [0.4, 0.5) is 0 Å². The van der Waals surface area contributed by atoms with Gasteiger partial charge in [-0.1, -0.05) is 0 Å². The smallest absolute Gasteiger partial charge is 0.236 e. The highest BCUT2D eigenvalue weighted by molar-refractivity contribution is 8.00. The maximum absolute atomic E-state index is 11.4. The van der Waals surface area contributed by atoms with Crippen molar-refractivity contribution in [2.75, 3.05) is 26.0 Å². The molecule has 5 heteroatoms. The van der Waals surface area contributed by atoms with Gasteiger partial charge in [0.1, 0.15) is 0 Å².